The summed E-state index contributed by atoms with van der Waals surface area (Å²) in [4.78, 5) is 0. The van der Waals surface area contributed by atoms with Gasteiger partial charge in [-0.1, -0.05) is 97.8 Å². The minimum absolute atomic E-state index is 0. The maximum absolute atomic E-state index is 2.30. The molecule has 0 unspecified atom stereocenters. The molecule has 0 aliphatic rings. The SMILES string of the molecule is CC[Si](=[Zr+2])CC.Cc1cc2c(-c3ccccc3)cccc2[cH-]1.Cc1cc2c(-c3ccccc3)cccc2[cH-]1.[Cl-].[Cl-]. The molecule has 204 valence electrons. The summed E-state index contributed by atoms with van der Waals surface area (Å²) in [7, 11) is 0. The summed E-state index contributed by atoms with van der Waals surface area (Å²) in [6, 6.07) is 46.0. The van der Waals surface area contributed by atoms with Crippen LogP contribution in [0.15, 0.2) is 121 Å². The van der Waals surface area contributed by atoms with E-state index in [9.17, 15) is 0 Å². The second-order valence-electron chi connectivity index (χ2n) is 9.73. The van der Waals surface area contributed by atoms with E-state index in [-0.39, 0.29) is 30.2 Å². The van der Waals surface area contributed by atoms with Gasteiger partial charge in [-0.25, -0.2) is 0 Å². The van der Waals surface area contributed by atoms with E-state index in [0.29, 0.717) is 0 Å². The van der Waals surface area contributed by atoms with Gasteiger partial charge in [0.1, 0.15) is 0 Å². The molecule has 0 aliphatic carbocycles. The molecule has 0 atom stereocenters. The van der Waals surface area contributed by atoms with Gasteiger partial charge in [0.2, 0.25) is 0 Å². The third-order valence-corrected chi connectivity index (χ3v) is 13.7. The quantitative estimate of drug-likeness (QED) is 0.191. The molecule has 6 aromatic rings. The van der Waals surface area contributed by atoms with E-state index in [1.165, 1.54) is 67.0 Å². The van der Waals surface area contributed by atoms with Gasteiger partial charge < -0.3 is 24.8 Å². The third-order valence-electron chi connectivity index (χ3n) is 6.81. The van der Waals surface area contributed by atoms with Gasteiger partial charge in [0.05, 0.1) is 0 Å². The van der Waals surface area contributed by atoms with Gasteiger partial charge in [-0.05, 0) is 11.1 Å². The summed E-state index contributed by atoms with van der Waals surface area (Å²) in [5, 5.41) is 5.37. The Morgan fingerprint density at radius 1 is 0.550 bits per heavy atom. The van der Waals surface area contributed by atoms with Gasteiger partial charge in [-0.2, -0.15) is 12.1 Å². The maximum atomic E-state index is 2.30. The number of aryl methyl sites for hydroxylation is 2. The Hall–Kier alpha value is -2.22. The molecule has 6 aromatic carbocycles. The standard InChI is InChI=1S/2C16H13.C4H10Si.2ClH.Zr/c2*1-12-10-14-8-5-9-15(16(14)11-12)13-6-3-2-4-7-13;1-3-5-4-2;;;/h2*2-11H,1H3;3-4H2,1-2H3;2*1H;/q2*-1;;;;+2/p-2. The van der Waals surface area contributed by atoms with Crippen LogP contribution in [0.5, 0.6) is 0 Å². The van der Waals surface area contributed by atoms with Crippen LogP contribution in [0, 0.1) is 13.8 Å². The molecule has 0 aliphatic heterocycles. The first-order valence-electron chi connectivity index (χ1n) is 13.5. The van der Waals surface area contributed by atoms with E-state index in [1.54, 1.807) is 23.3 Å². The van der Waals surface area contributed by atoms with Crippen LogP contribution in [0.25, 0.3) is 43.8 Å². The first-order valence-corrected chi connectivity index (χ1v) is 19.1. The summed E-state index contributed by atoms with van der Waals surface area (Å²) in [5.74, 6) is 0. The van der Waals surface area contributed by atoms with Crippen molar-refractivity contribution in [3.63, 3.8) is 0 Å². The monoisotopic (exact) mass is 656 g/mol. The van der Waals surface area contributed by atoms with Crippen molar-refractivity contribution in [3.8, 4) is 22.3 Å². The zero-order chi connectivity index (χ0) is 26.9. The van der Waals surface area contributed by atoms with Crippen molar-refractivity contribution in [2.45, 2.75) is 39.8 Å². The molecule has 0 aromatic heterocycles. The zero-order valence-electron chi connectivity index (χ0n) is 23.7. The van der Waals surface area contributed by atoms with Crippen LogP contribution in [0.4, 0.5) is 0 Å². The molecule has 0 amide bonds. The van der Waals surface area contributed by atoms with Gasteiger partial charge in [0.15, 0.2) is 0 Å². The minimum Gasteiger partial charge on any atom is -1.00 e. The van der Waals surface area contributed by atoms with Crippen LogP contribution in [0.3, 0.4) is 0 Å². The predicted molar refractivity (Wildman–Crippen MR) is 166 cm³/mol. The second kappa shape index (κ2) is 16.9. The molecule has 0 nitrogen and oxygen atoms in total. The van der Waals surface area contributed by atoms with Crippen molar-refractivity contribution < 1.29 is 48.1 Å². The fourth-order valence-corrected chi connectivity index (χ4v) is 5.26. The molecule has 0 fully saturated rings. The number of hydrogen-bond acceptors (Lipinski definition) is 0. The number of halogens is 2. The number of hydrogen-bond donors (Lipinski definition) is 0. The molecule has 0 saturated heterocycles. The summed E-state index contributed by atoms with van der Waals surface area (Å²) < 4.78 is 0. The van der Waals surface area contributed by atoms with Gasteiger partial charge in [0.25, 0.3) is 0 Å². The molecule has 0 bridgehead atoms. The molecule has 4 heteroatoms. The van der Waals surface area contributed by atoms with Crippen LogP contribution >= 0.6 is 0 Å². The average Bonchev–Trinajstić information content (AvgIpc) is 3.54. The molecule has 40 heavy (non-hydrogen) atoms. The van der Waals surface area contributed by atoms with Crippen molar-refractivity contribution in [2.75, 3.05) is 0 Å². The first-order chi connectivity index (χ1) is 18.5. The van der Waals surface area contributed by atoms with Crippen molar-refractivity contribution in [2.24, 2.45) is 0 Å². The fraction of sp³-hybridized carbons (Fsp3) is 0.167. The molecular formula is C36H36Cl2SiZr-2. The number of rotatable bonds is 4. The van der Waals surface area contributed by atoms with E-state index >= 15 is 0 Å². The van der Waals surface area contributed by atoms with Crippen LogP contribution in [0.2, 0.25) is 12.1 Å². The topological polar surface area (TPSA) is 0 Å². The van der Waals surface area contributed by atoms with E-state index in [0.717, 1.165) is 0 Å². The van der Waals surface area contributed by atoms with Gasteiger partial charge in [0, 0.05) is 0 Å². The maximum Gasteiger partial charge on any atom is -0.0279 e. The van der Waals surface area contributed by atoms with Gasteiger partial charge in [-0.3, -0.25) is 0 Å². The number of benzene rings is 4. The summed E-state index contributed by atoms with van der Waals surface area (Å²) in [5.41, 5.74) is 8.12. The molecule has 0 radical (unpaired) electrons. The van der Waals surface area contributed by atoms with Crippen LogP contribution in [-0.4, -0.2) is 5.43 Å². The van der Waals surface area contributed by atoms with Crippen LogP contribution in [0.1, 0.15) is 25.0 Å². The largest absolute Gasteiger partial charge is 1.00 e. The van der Waals surface area contributed by atoms with Crippen molar-refractivity contribution in [3.05, 3.63) is 132 Å². The Kier molecular flexibility index (Phi) is 14.4. The normalized spacial score (nSPS) is 9.95. The van der Waals surface area contributed by atoms with E-state index in [4.69, 9.17) is 0 Å². The van der Waals surface area contributed by atoms with Crippen LogP contribution in [-0.2, 0) is 23.3 Å². The Labute approximate surface area is 267 Å². The van der Waals surface area contributed by atoms with Crippen molar-refractivity contribution in [1.29, 1.82) is 0 Å². The minimum atomic E-state index is 0. The third kappa shape index (κ3) is 8.89. The Balaban J connectivity index is 0.000000225. The molecule has 0 spiro atoms. The average molecular weight is 659 g/mol. The van der Waals surface area contributed by atoms with Crippen molar-refractivity contribution in [1.82, 2.24) is 0 Å². The smallest absolute Gasteiger partial charge is 0.0279 e. The fourth-order valence-electron chi connectivity index (χ4n) is 4.76. The zero-order valence-corrected chi connectivity index (χ0v) is 28.7. The van der Waals surface area contributed by atoms with E-state index in [2.05, 4.69) is 149 Å². The van der Waals surface area contributed by atoms with Gasteiger partial charge >= 0.3 is 54.7 Å². The molecule has 6 rings (SSSR count). The predicted octanol–water partition coefficient (Wildman–Crippen LogP) is 4.64. The Morgan fingerprint density at radius 2 is 0.925 bits per heavy atom. The van der Waals surface area contributed by atoms with E-state index < -0.39 is 0 Å². The second-order valence-corrected chi connectivity index (χ2v) is 17.6. The van der Waals surface area contributed by atoms with Crippen molar-refractivity contribution >= 4 is 27.0 Å². The molecule has 0 N–H and O–H groups in total. The Bertz CT molecular complexity index is 1490. The first kappa shape index (κ1) is 34.0. The molecule has 0 heterocycles. The molecule has 0 saturated carbocycles. The summed E-state index contributed by atoms with van der Waals surface area (Å²) in [6.07, 6.45) is 0. The van der Waals surface area contributed by atoms with Gasteiger partial charge in [-0.15, -0.1) is 69.1 Å². The molecular weight excluding hydrogens is 623 g/mol. The van der Waals surface area contributed by atoms with Crippen LogP contribution < -0.4 is 24.8 Å². The number of fused-ring (bicyclic) bond motifs is 2. The van der Waals surface area contributed by atoms with E-state index in [1.807, 2.05) is 0 Å². The Morgan fingerprint density at radius 3 is 1.25 bits per heavy atom. The summed E-state index contributed by atoms with van der Waals surface area (Å²) in [6.45, 7) is 8.89. The summed E-state index contributed by atoms with van der Waals surface area (Å²) >= 11 is 1.80.